The smallest absolute Gasteiger partial charge is 0.320 e. The Hall–Kier alpha value is -2.90. The summed E-state index contributed by atoms with van der Waals surface area (Å²) in [4.78, 5) is 28.2. The number of aromatic nitrogens is 3. The average Bonchev–Trinajstić information content (AvgIpc) is 2.91. The fourth-order valence-electron chi connectivity index (χ4n) is 1.86. The van der Waals surface area contributed by atoms with Gasteiger partial charge in [0.15, 0.2) is 11.6 Å². The molecule has 3 rings (SSSR count). The minimum absolute atomic E-state index is 0.141. The Labute approximate surface area is 107 Å². The van der Waals surface area contributed by atoms with Crippen LogP contribution >= 0.6 is 0 Å². The maximum Gasteiger partial charge on any atom is 0.320 e. The number of urea groups is 1. The van der Waals surface area contributed by atoms with Crippen molar-refractivity contribution in [3.63, 3.8) is 0 Å². The van der Waals surface area contributed by atoms with Crippen LogP contribution in [0.5, 0.6) is 0 Å². The Kier molecular flexibility index (Phi) is 2.41. The fraction of sp³-hybridized carbons (Fsp3) is 0.0909. The lowest BCUT2D eigenvalue weighted by Crippen LogP contribution is -2.45. The number of amides is 3. The van der Waals surface area contributed by atoms with Gasteiger partial charge in [-0.05, 0) is 18.2 Å². The van der Waals surface area contributed by atoms with Gasteiger partial charge in [-0.25, -0.2) is 14.5 Å². The molecule has 0 spiro atoms. The van der Waals surface area contributed by atoms with E-state index in [-0.39, 0.29) is 12.5 Å². The summed E-state index contributed by atoms with van der Waals surface area (Å²) < 4.78 is 1.55. The number of hydrogen-bond donors (Lipinski definition) is 2. The van der Waals surface area contributed by atoms with Crippen molar-refractivity contribution in [1.82, 2.24) is 14.8 Å². The first kappa shape index (κ1) is 11.2. The Morgan fingerprint density at radius 2 is 2.26 bits per heavy atom. The molecule has 0 aliphatic carbocycles. The first-order valence-electron chi connectivity index (χ1n) is 5.53. The molecule has 3 amide bonds. The van der Waals surface area contributed by atoms with Gasteiger partial charge in [-0.1, -0.05) is 0 Å². The first-order chi connectivity index (χ1) is 9.15. The summed E-state index contributed by atoms with van der Waals surface area (Å²) in [5.74, 6) is 0.547. The first-order valence-corrected chi connectivity index (χ1v) is 5.53. The molecule has 8 heteroatoms. The van der Waals surface area contributed by atoms with E-state index in [1.807, 2.05) is 0 Å². The van der Waals surface area contributed by atoms with E-state index < -0.39 is 6.03 Å². The van der Waals surface area contributed by atoms with E-state index >= 15 is 0 Å². The van der Waals surface area contributed by atoms with Crippen molar-refractivity contribution >= 4 is 23.4 Å². The van der Waals surface area contributed by atoms with E-state index in [0.717, 1.165) is 4.90 Å². The number of anilines is 2. The van der Waals surface area contributed by atoms with Gasteiger partial charge in [0.05, 0.1) is 5.69 Å². The molecule has 0 saturated heterocycles. The summed E-state index contributed by atoms with van der Waals surface area (Å²) in [6, 6.07) is 4.39. The van der Waals surface area contributed by atoms with Crippen molar-refractivity contribution in [1.29, 1.82) is 0 Å². The molecular weight excluding hydrogens is 248 g/mol. The van der Waals surface area contributed by atoms with Gasteiger partial charge in [0.1, 0.15) is 6.54 Å². The van der Waals surface area contributed by atoms with E-state index in [2.05, 4.69) is 15.4 Å². The molecule has 1 aliphatic heterocycles. The molecule has 1 aliphatic rings. The topological polar surface area (TPSA) is 106 Å². The molecule has 0 saturated carbocycles. The van der Waals surface area contributed by atoms with Crippen LogP contribution in [0.4, 0.5) is 16.3 Å². The molecule has 0 bridgehead atoms. The second-order valence-corrected chi connectivity index (χ2v) is 3.96. The van der Waals surface area contributed by atoms with Gasteiger partial charge in [-0.3, -0.25) is 9.69 Å². The highest BCUT2D eigenvalue weighted by atomic mass is 16.2. The van der Waals surface area contributed by atoms with Crippen molar-refractivity contribution in [2.75, 3.05) is 16.8 Å². The summed E-state index contributed by atoms with van der Waals surface area (Å²) in [5.41, 5.74) is 5.71. The van der Waals surface area contributed by atoms with Crippen molar-refractivity contribution in [2.45, 2.75) is 0 Å². The summed E-state index contributed by atoms with van der Waals surface area (Å²) in [5, 5.41) is 6.69. The standard InChI is InChI=1S/C11H10N6O2/c12-11(19)16-6-9(18)14-7-2-3-8(15-10(7)16)17-5-1-4-13-17/h1-5H,6H2,(H2,12,19)(H,14,18). The average molecular weight is 258 g/mol. The predicted molar refractivity (Wildman–Crippen MR) is 66.9 cm³/mol. The van der Waals surface area contributed by atoms with Crippen LogP contribution in [0.25, 0.3) is 5.82 Å². The largest absolute Gasteiger partial charge is 0.351 e. The second kappa shape index (κ2) is 4.09. The van der Waals surface area contributed by atoms with Crippen LogP contribution in [0, 0.1) is 0 Å². The van der Waals surface area contributed by atoms with E-state index in [1.54, 1.807) is 35.3 Å². The van der Waals surface area contributed by atoms with E-state index in [4.69, 9.17) is 5.73 Å². The van der Waals surface area contributed by atoms with Crippen LogP contribution in [0.2, 0.25) is 0 Å². The van der Waals surface area contributed by atoms with Crippen LogP contribution in [-0.2, 0) is 4.79 Å². The van der Waals surface area contributed by atoms with Gasteiger partial charge in [0, 0.05) is 12.4 Å². The van der Waals surface area contributed by atoms with Crippen LogP contribution in [0.15, 0.2) is 30.6 Å². The van der Waals surface area contributed by atoms with Gasteiger partial charge in [0.25, 0.3) is 0 Å². The number of rotatable bonds is 1. The highest BCUT2D eigenvalue weighted by molar-refractivity contribution is 6.08. The van der Waals surface area contributed by atoms with Gasteiger partial charge in [0.2, 0.25) is 5.91 Å². The molecule has 3 N–H and O–H groups in total. The predicted octanol–water partition coefficient (Wildman–Crippen LogP) is 0.104. The van der Waals surface area contributed by atoms with Crippen molar-refractivity contribution in [3.05, 3.63) is 30.6 Å². The molecule has 2 aromatic rings. The number of hydrogen-bond acceptors (Lipinski definition) is 4. The number of nitrogens with two attached hydrogens (primary N) is 1. The number of nitrogens with zero attached hydrogens (tertiary/aromatic N) is 4. The lowest BCUT2D eigenvalue weighted by Gasteiger charge is -2.26. The number of carbonyl (C=O) groups excluding carboxylic acids is 2. The Bertz CT molecular complexity index is 651. The highest BCUT2D eigenvalue weighted by Gasteiger charge is 2.27. The van der Waals surface area contributed by atoms with Crippen LogP contribution in [0.3, 0.4) is 0 Å². The van der Waals surface area contributed by atoms with Crippen molar-refractivity contribution in [3.8, 4) is 5.82 Å². The number of pyridine rings is 1. The normalized spacial score (nSPS) is 13.9. The fourth-order valence-corrected chi connectivity index (χ4v) is 1.86. The van der Waals surface area contributed by atoms with Crippen molar-refractivity contribution in [2.24, 2.45) is 5.73 Å². The lowest BCUT2D eigenvalue weighted by molar-refractivity contribution is -0.115. The third-order valence-electron chi connectivity index (χ3n) is 2.70. The molecule has 3 heterocycles. The lowest BCUT2D eigenvalue weighted by atomic mass is 10.3. The van der Waals surface area contributed by atoms with Gasteiger partial charge in [-0.2, -0.15) is 5.10 Å². The van der Waals surface area contributed by atoms with Crippen molar-refractivity contribution < 1.29 is 9.59 Å². The molecule has 19 heavy (non-hydrogen) atoms. The number of nitrogens with one attached hydrogen (secondary N) is 1. The summed E-state index contributed by atoms with van der Waals surface area (Å²) in [6.45, 7) is -0.141. The third-order valence-corrected chi connectivity index (χ3v) is 2.70. The molecule has 0 fully saturated rings. The molecular formula is C11H10N6O2. The summed E-state index contributed by atoms with van der Waals surface area (Å²) >= 11 is 0. The quantitative estimate of drug-likeness (QED) is 0.756. The Morgan fingerprint density at radius 1 is 1.42 bits per heavy atom. The van der Waals surface area contributed by atoms with Crippen LogP contribution in [0.1, 0.15) is 0 Å². The zero-order valence-electron chi connectivity index (χ0n) is 9.78. The van der Waals surface area contributed by atoms with E-state index in [0.29, 0.717) is 17.3 Å². The molecule has 96 valence electrons. The SMILES string of the molecule is NC(=O)N1CC(=O)Nc2ccc(-n3cccn3)nc21. The van der Waals surface area contributed by atoms with Gasteiger partial charge >= 0.3 is 6.03 Å². The van der Waals surface area contributed by atoms with Gasteiger partial charge in [-0.15, -0.1) is 0 Å². The van der Waals surface area contributed by atoms with Crippen LogP contribution in [-0.4, -0.2) is 33.2 Å². The molecule has 2 aromatic heterocycles. The Balaban J connectivity index is 2.10. The molecule has 0 aromatic carbocycles. The highest BCUT2D eigenvalue weighted by Crippen LogP contribution is 2.27. The zero-order valence-corrected chi connectivity index (χ0v) is 9.78. The number of carbonyl (C=O) groups is 2. The maximum absolute atomic E-state index is 11.4. The molecule has 0 radical (unpaired) electrons. The number of fused-ring (bicyclic) bond motifs is 1. The summed E-state index contributed by atoms with van der Waals surface area (Å²) in [7, 11) is 0. The minimum Gasteiger partial charge on any atom is -0.351 e. The molecule has 8 nitrogen and oxygen atoms in total. The molecule has 0 unspecified atom stereocenters. The molecule has 0 atom stereocenters. The second-order valence-electron chi connectivity index (χ2n) is 3.96. The van der Waals surface area contributed by atoms with E-state index in [9.17, 15) is 9.59 Å². The zero-order chi connectivity index (χ0) is 13.4. The minimum atomic E-state index is -0.721. The number of primary amides is 1. The summed E-state index contributed by atoms with van der Waals surface area (Å²) in [6.07, 6.45) is 3.35. The van der Waals surface area contributed by atoms with Crippen LogP contribution < -0.4 is 16.0 Å². The monoisotopic (exact) mass is 258 g/mol. The third kappa shape index (κ3) is 1.88. The maximum atomic E-state index is 11.4. The Morgan fingerprint density at radius 3 is 2.95 bits per heavy atom. The van der Waals surface area contributed by atoms with Gasteiger partial charge < -0.3 is 11.1 Å². The van der Waals surface area contributed by atoms with E-state index in [1.165, 1.54) is 0 Å².